The molecule has 0 unspecified atom stereocenters. The van der Waals surface area contributed by atoms with Crippen LogP contribution in [-0.4, -0.2) is 21.5 Å². The van der Waals surface area contributed by atoms with E-state index >= 15 is 0 Å². The first-order chi connectivity index (χ1) is 11.7. The van der Waals surface area contributed by atoms with Gasteiger partial charge in [0.05, 0.1) is 16.1 Å². The van der Waals surface area contributed by atoms with E-state index in [1.54, 1.807) is 12.1 Å². The van der Waals surface area contributed by atoms with Gasteiger partial charge in [-0.05, 0) is 42.3 Å². The number of benzene rings is 2. The Labute approximate surface area is 144 Å². The molecule has 0 amide bonds. The third kappa shape index (κ3) is 3.36. The molecule has 0 saturated heterocycles. The number of nitrogens with zero attached hydrogens (tertiary/aromatic N) is 1. The molecule has 0 bridgehead atoms. The fraction of sp³-hybridized carbons (Fsp3) is 0.294. The predicted molar refractivity (Wildman–Crippen MR) is 88.9 cm³/mol. The highest BCUT2D eigenvalue weighted by atomic mass is 32.2. The molecule has 1 N–H and O–H groups in total. The second-order valence-corrected chi connectivity index (χ2v) is 7.69. The van der Waals surface area contributed by atoms with Crippen LogP contribution in [-0.2, 0) is 22.7 Å². The molecule has 134 valence electrons. The SMILES string of the molecule is Cc1cc(C(F)(F)F)ccc1S(=O)(=O)N1CCNCc2ccccc21. The molecule has 0 spiro atoms. The van der Waals surface area contributed by atoms with Crippen LogP contribution in [0.4, 0.5) is 18.9 Å². The summed E-state index contributed by atoms with van der Waals surface area (Å²) in [5, 5.41) is 3.15. The second-order valence-electron chi connectivity index (χ2n) is 5.86. The molecule has 4 nitrogen and oxygen atoms in total. The van der Waals surface area contributed by atoms with E-state index in [0.717, 1.165) is 23.8 Å². The van der Waals surface area contributed by atoms with E-state index in [1.807, 2.05) is 12.1 Å². The number of rotatable bonds is 2. The maximum atomic E-state index is 13.1. The highest BCUT2D eigenvalue weighted by molar-refractivity contribution is 7.92. The monoisotopic (exact) mass is 370 g/mol. The summed E-state index contributed by atoms with van der Waals surface area (Å²) in [6.45, 7) is 2.58. The fourth-order valence-electron chi connectivity index (χ4n) is 2.91. The van der Waals surface area contributed by atoms with Crippen molar-refractivity contribution < 1.29 is 21.6 Å². The Bertz CT molecular complexity index is 895. The van der Waals surface area contributed by atoms with Gasteiger partial charge in [0.2, 0.25) is 0 Å². The summed E-state index contributed by atoms with van der Waals surface area (Å²) in [4.78, 5) is -0.114. The second kappa shape index (κ2) is 6.34. The minimum Gasteiger partial charge on any atom is -0.311 e. The van der Waals surface area contributed by atoms with Gasteiger partial charge < -0.3 is 5.32 Å². The number of fused-ring (bicyclic) bond motifs is 1. The molecule has 2 aromatic rings. The normalized spacial score (nSPS) is 15.6. The molecule has 0 saturated carbocycles. The molecule has 1 aliphatic heterocycles. The van der Waals surface area contributed by atoms with E-state index in [1.165, 1.54) is 11.2 Å². The topological polar surface area (TPSA) is 49.4 Å². The highest BCUT2D eigenvalue weighted by Crippen LogP contribution is 2.34. The predicted octanol–water partition coefficient (Wildman–Crippen LogP) is 3.31. The van der Waals surface area contributed by atoms with Crippen LogP contribution in [0, 0.1) is 6.92 Å². The average Bonchev–Trinajstić information content (AvgIpc) is 2.76. The molecule has 1 heterocycles. The summed E-state index contributed by atoms with van der Waals surface area (Å²) in [6.07, 6.45) is -4.51. The Kier molecular flexibility index (Phi) is 4.51. The summed E-state index contributed by atoms with van der Waals surface area (Å²) >= 11 is 0. The zero-order chi connectivity index (χ0) is 18.2. The number of hydrogen-bond donors (Lipinski definition) is 1. The van der Waals surface area contributed by atoms with Crippen LogP contribution in [0.5, 0.6) is 0 Å². The zero-order valence-electron chi connectivity index (χ0n) is 13.5. The van der Waals surface area contributed by atoms with Crippen molar-refractivity contribution in [1.29, 1.82) is 0 Å². The molecule has 0 aliphatic carbocycles. The maximum Gasteiger partial charge on any atom is 0.416 e. The van der Waals surface area contributed by atoms with E-state index in [4.69, 9.17) is 0 Å². The number of anilines is 1. The van der Waals surface area contributed by atoms with Crippen molar-refractivity contribution in [3.05, 3.63) is 59.2 Å². The average molecular weight is 370 g/mol. The number of nitrogens with one attached hydrogen (secondary N) is 1. The Morgan fingerprint density at radius 3 is 2.52 bits per heavy atom. The van der Waals surface area contributed by atoms with Gasteiger partial charge in [0, 0.05) is 19.6 Å². The van der Waals surface area contributed by atoms with Gasteiger partial charge in [-0.2, -0.15) is 13.2 Å². The number of halogens is 3. The van der Waals surface area contributed by atoms with Crippen molar-refractivity contribution >= 4 is 15.7 Å². The van der Waals surface area contributed by atoms with Gasteiger partial charge in [-0.3, -0.25) is 4.31 Å². The summed E-state index contributed by atoms with van der Waals surface area (Å²) in [7, 11) is -3.97. The van der Waals surface area contributed by atoms with Crippen molar-refractivity contribution in [1.82, 2.24) is 5.32 Å². The number of alkyl halides is 3. The van der Waals surface area contributed by atoms with Crippen LogP contribution in [0.15, 0.2) is 47.4 Å². The van der Waals surface area contributed by atoms with Crippen LogP contribution in [0.1, 0.15) is 16.7 Å². The molecule has 0 aromatic heterocycles. The minimum absolute atomic E-state index is 0.0736. The Balaban J connectivity index is 2.08. The highest BCUT2D eigenvalue weighted by Gasteiger charge is 2.33. The van der Waals surface area contributed by atoms with E-state index < -0.39 is 21.8 Å². The van der Waals surface area contributed by atoms with Crippen molar-refractivity contribution in [2.24, 2.45) is 0 Å². The number of hydrogen-bond acceptors (Lipinski definition) is 3. The zero-order valence-corrected chi connectivity index (χ0v) is 14.3. The van der Waals surface area contributed by atoms with Gasteiger partial charge >= 0.3 is 6.18 Å². The summed E-state index contributed by atoms with van der Waals surface area (Å²) in [5.74, 6) is 0. The Morgan fingerprint density at radius 1 is 1.12 bits per heavy atom. The fourth-order valence-corrected chi connectivity index (χ4v) is 4.62. The van der Waals surface area contributed by atoms with Crippen molar-refractivity contribution in [2.45, 2.75) is 24.5 Å². The molecule has 2 aromatic carbocycles. The van der Waals surface area contributed by atoms with Gasteiger partial charge in [0.1, 0.15) is 0 Å². The van der Waals surface area contributed by atoms with Crippen LogP contribution in [0.2, 0.25) is 0 Å². The quantitative estimate of drug-likeness (QED) is 0.882. The molecule has 8 heteroatoms. The molecule has 0 fully saturated rings. The van der Waals surface area contributed by atoms with E-state index in [9.17, 15) is 21.6 Å². The van der Waals surface area contributed by atoms with Gasteiger partial charge in [-0.25, -0.2) is 8.42 Å². The summed E-state index contributed by atoms with van der Waals surface area (Å²) < 4.78 is 66.0. The van der Waals surface area contributed by atoms with Crippen molar-refractivity contribution in [3.8, 4) is 0 Å². The van der Waals surface area contributed by atoms with E-state index in [2.05, 4.69) is 5.32 Å². The lowest BCUT2D eigenvalue weighted by molar-refractivity contribution is -0.137. The van der Waals surface area contributed by atoms with Gasteiger partial charge in [0.25, 0.3) is 10.0 Å². The van der Waals surface area contributed by atoms with Crippen LogP contribution in [0.3, 0.4) is 0 Å². The molecular weight excluding hydrogens is 353 g/mol. The van der Waals surface area contributed by atoms with Crippen LogP contribution >= 0.6 is 0 Å². The van der Waals surface area contributed by atoms with Crippen LogP contribution < -0.4 is 9.62 Å². The lowest BCUT2D eigenvalue weighted by Crippen LogP contribution is -2.35. The first kappa shape index (κ1) is 17.8. The maximum absolute atomic E-state index is 13.1. The summed E-state index contributed by atoms with van der Waals surface area (Å²) in [5.41, 5.74) is 0.589. The van der Waals surface area contributed by atoms with Gasteiger partial charge in [-0.1, -0.05) is 18.2 Å². The van der Waals surface area contributed by atoms with Gasteiger partial charge in [-0.15, -0.1) is 0 Å². The Morgan fingerprint density at radius 2 is 1.84 bits per heavy atom. The Hall–Kier alpha value is -2.06. The van der Waals surface area contributed by atoms with Crippen LogP contribution in [0.25, 0.3) is 0 Å². The molecule has 0 atom stereocenters. The largest absolute Gasteiger partial charge is 0.416 e. The number of aryl methyl sites for hydroxylation is 1. The molecular formula is C17H17F3N2O2S. The third-order valence-corrected chi connectivity index (χ3v) is 6.11. The first-order valence-electron chi connectivity index (χ1n) is 7.70. The molecule has 3 rings (SSSR count). The molecule has 1 aliphatic rings. The molecule has 25 heavy (non-hydrogen) atoms. The number of para-hydroxylation sites is 1. The standard InChI is InChI=1S/C17H17F3N2O2S/c1-12-10-14(17(18,19)20)6-7-16(12)25(23,24)22-9-8-21-11-13-4-2-3-5-15(13)22/h2-7,10,21H,8-9,11H2,1H3. The molecule has 0 radical (unpaired) electrons. The lowest BCUT2D eigenvalue weighted by Gasteiger charge is -2.25. The third-order valence-electron chi connectivity index (χ3n) is 4.14. The van der Waals surface area contributed by atoms with E-state index in [0.29, 0.717) is 18.8 Å². The van der Waals surface area contributed by atoms with Gasteiger partial charge in [0.15, 0.2) is 0 Å². The number of sulfonamides is 1. The van der Waals surface area contributed by atoms with E-state index in [-0.39, 0.29) is 17.0 Å². The summed E-state index contributed by atoms with van der Waals surface area (Å²) in [6, 6.07) is 9.81. The lowest BCUT2D eigenvalue weighted by atomic mass is 10.1. The first-order valence-corrected chi connectivity index (χ1v) is 9.14. The van der Waals surface area contributed by atoms with Crippen molar-refractivity contribution in [3.63, 3.8) is 0 Å². The smallest absolute Gasteiger partial charge is 0.311 e. The minimum atomic E-state index is -4.51. The van der Waals surface area contributed by atoms with Crippen molar-refractivity contribution in [2.75, 3.05) is 17.4 Å².